The highest BCUT2D eigenvalue weighted by atomic mass is 32.2. The second-order valence-electron chi connectivity index (χ2n) is 5.02. The van der Waals surface area contributed by atoms with Crippen LogP contribution in [0.1, 0.15) is 24.7 Å². The highest BCUT2D eigenvalue weighted by molar-refractivity contribution is 7.93. The summed E-state index contributed by atoms with van der Waals surface area (Å²) in [6.45, 7) is 6.41. The number of thiophene rings is 1. The average molecular weight is 340 g/mol. The van der Waals surface area contributed by atoms with Crippen molar-refractivity contribution >= 4 is 26.9 Å². The van der Waals surface area contributed by atoms with E-state index in [1.54, 1.807) is 17.5 Å². The number of rotatable bonds is 7. The van der Waals surface area contributed by atoms with Crippen LogP contribution in [0.25, 0.3) is 0 Å². The maximum Gasteiger partial charge on any atom is 0.200 e. The molecule has 0 unspecified atom stereocenters. The van der Waals surface area contributed by atoms with Crippen LogP contribution in [0.5, 0.6) is 0 Å². The Labute approximate surface area is 136 Å². The minimum atomic E-state index is -3.36. The van der Waals surface area contributed by atoms with Crippen molar-refractivity contribution < 1.29 is 14.2 Å². The fraction of sp³-hybridized carbons (Fsp3) is 0.375. The van der Waals surface area contributed by atoms with Gasteiger partial charge >= 0.3 is 0 Å². The Morgan fingerprint density at radius 1 is 1.14 bits per heavy atom. The predicted molar refractivity (Wildman–Crippen MR) is 92.0 cm³/mol. The summed E-state index contributed by atoms with van der Waals surface area (Å²) in [6.07, 6.45) is 0. The largest absolute Gasteiger partial charge is 0.372 e. The van der Waals surface area contributed by atoms with Crippen LogP contribution in [0.2, 0.25) is 0 Å². The van der Waals surface area contributed by atoms with Crippen molar-refractivity contribution in [3.05, 3.63) is 47.3 Å². The molecule has 120 valence electrons. The number of hydrogen-bond donors (Lipinski definition) is 1. The fourth-order valence-electron chi connectivity index (χ4n) is 2.56. The van der Waals surface area contributed by atoms with E-state index in [0.717, 1.165) is 24.3 Å². The molecule has 1 atom stereocenters. The molecule has 2 aromatic rings. The minimum Gasteiger partial charge on any atom is -0.372 e. The van der Waals surface area contributed by atoms with Gasteiger partial charge in [0, 0.05) is 18.8 Å². The van der Waals surface area contributed by atoms with Crippen LogP contribution < -0.4 is 10.6 Å². The fourth-order valence-corrected chi connectivity index (χ4v) is 5.43. The Bertz CT molecular complexity index is 675. The third kappa shape index (κ3) is 3.34. The highest BCUT2D eigenvalue weighted by Gasteiger charge is 2.30. The Hall–Kier alpha value is -1.37. The van der Waals surface area contributed by atoms with Crippen molar-refractivity contribution in [2.45, 2.75) is 23.3 Å². The van der Waals surface area contributed by atoms with E-state index in [-0.39, 0.29) is 0 Å². The molecule has 2 rings (SSSR count). The van der Waals surface area contributed by atoms with Gasteiger partial charge in [0.1, 0.15) is 9.46 Å². The quantitative estimate of drug-likeness (QED) is 0.842. The minimum absolute atomic E-state index is 0.324. The van der Waals surface area contributed by atoms with Crippen LogP contribution in [-0.2, 0) is 9.84 Å². The van der Waals surface area contributed by atoms with E-state index < -0.39 is 15.1 Å². The SMILES string of the molecule is CCN(CC)c1ccc([C@H](C[NH3+])S(=O)(=O)c2cccs2)cc1. The molecule has 0 fully saturated rings. The maximum atomic E-state index is 12.7. The first-order valence-electron chi connectivity index (χ1n) is 7.46. The predicted octanol–water partition coefficient (Wildman–Crippen LogP) is 2.35. The van der Waals surface area contributed by atoms with Gasteiger partial charge in [-0.15, -0.1) is 11.3 Å². The molecule has 0 saturated carbocycles. The lowest BCUT2D eigenvalue weighted by Gasteiger charge is -2.22. The van der Waals surface area contributed by atoms with Gasteiger partial charge in [-0.05, 0) is 43.0 Å². The molecule has 4 nitrogen and oxygen atoms in total. The topological polar surface area (TPSA) is 65.0 Å². The van der Waals surface area contributed by atoms with Crippen LogP contribution in [0, 0.1) is 0 Å². The summed E-state index contributed by atoms with van der Waals surface area (Å²) in [4.78, 5) is 2.23. The van der Waals surface area contributed by atoms with E-state index in [1.807, 2.05) is 24.3 Å². The summed E-state index contributed by atoms with van der Waals surface area (Å²) >= 11 is 1.26. The van der Waals surface area contributed by atoms with E-state index in [9.17, 15) is 8.42 Å². The van der Waals surface area contributed by atoms with Gasteiger partial charge in [0.2, 0.25) is 0 Å². The van der Waals surface area contributed by atoms with E-state index in [1.165, 1.54) is 11.3 Å². The van der Waals surface area contributed by atoms with Gasteiger partial charge in [-0.25, -0.2) is 8.42 Å². The second-order valence-corrected chi connectivity index (χ2v) is 8.32. The molecule has 0 aliphatic heterocycles. The lowest BCUT2D eigenvalue weighted by molar-refractivity contribution is -0.367. The summed E-state index contributed by atoms with van der Waals surface area (Å²) in [5.41, 5.74) is 5.76. The maximum absolute atomic E-state index is 12.7. The van der Waals surface area contributed by atoms with Gasteiger partial charge < -0.3 is 10.6 Å². The van der Waals surface area contributed by atoms with Crippen LogP contribution >= 0.6 is 11.3 Å². The van der Waals surface area contributed by atoms with Gasteiger partial charge in [0.05, 0.1) is 6.54 Å². The summed E-state index contributed by atoms with van der Waals surface area (Å²) in [5, 5.41) is 1.20. The summed E-state index contributed by atoms with van der Waals surface area (Å²) < 4.78 is 25.8. The first-order chi connectivity index (χ1) is 10.5. The van der Waals surface area contributed by atoms with E-state index in [0.29, 0.717) is 10.8 Å². The van der Waals surface area contributed by atoms with Crippen molar-refractivity contribution in [2.24, 2.45) is 0 Å². The Morgan fingerprint density at radius 3 is 2.23 bits per heavy atom. The molecule has 0 aliphatic carbocycles. The first-order valence-corrected chi connectivity index (χ1v) is 9.88. The molecule has 0 bridgehead atoms. The molecule has 6 heteroatoms. The average Bonchev–Trinajstić information content (AvgIpc) is 3.05. The second kappa shape index (κ2) is 7.26. The molecule has 0 radical (unpaired) electrons. The van der Waals surface area contributed by atoms with Crippen LogP contribution in [0.3, 0.4) is 0 Å². The number of benzene rings is 1. The Balaban J connectivity index is 2.33. The van der Waals surface area contributed by atoms with E-state index in [2.05, 4.69) is 24.5 Å². The molecule has 22 heavy (non-hydrogen) atoms. The number of anilines is 1. The van der Waals surface area contributed by atoms with Crippen LogP contribution in [0.15, 0.2) is 46.0 Å². The third-order valence-electron chi connectivity index (χ3n) is 3.81. The van der Waals surface area contributed by atoms with Gasteiger partial charge in [0.15, 0.2) is 9.84 Å². The number of nitrogens with zero attached hydrogens (tertiary/aromatic N) is 1. The normalized spacial score (nSPS) is 13.0. The molecule has 0 aliphatic rings. The molecule has 3 N–H and O–H groups in total. The Morgan fingerprint density at radius 2 is 1.77 bits per heavy atom. The van der Waals surface area contributed by atoms with Gasteiger partial charge in [-0.3, -0.25) is 0 Å². The van der Waals surface area contributed by atoms with E-state index >= 15 is 0 Å². The molecular weight excluding hydrogens is 316 g/mol. The lowest BCUT2D eigenvalue weighted by Crippen LogP contribution is -2.54. The number of quaternary nitrogens is 1. The monoisotopic (exact) mass is 339 g/mol. The Kier molecular flexibility index (Phi) is 5.61. The van der Waals surface area contributed by atoms with Gasteiger partial charge in [0.25, 0.3) is 0 Å². The van der Waals surface area contributed by atoms with Crippen molar-refractivity contribution in [1.29, 1.82) is 0 Å². The molecule has 1 aromatic heterocycles. The molecule has 0 spiro atoms. The zero-order chi connectivity index (χ0) is 16.2. The lowest BCUT2D eigenvalue weighted by atomic mass is 10.1. The van der Waals surface area contributed by atoms with Crippen LogP contribution in [-0.4, -0.2) is 28.1 Å². The van der Waals surface area contributed by atoms with Gasteiger partial charge in [-0.2, -0.15) is 0 Å². The highest BCUT2D eigenvalue weighted by Crippen LogP contribution is 2.31. The van der Waals surface area contributed by atoms with Crippen molar-refractivity contribution in [1.82, 2.24) is 0 Å². The summed E-state index contributed by atoms with van der Waals surface area (Å²) in [7, 11) is -3.36. The van der Waals surface area contributed by atoms with Gasteiger partial charge in [-0.1, -0.05) is 18.2 Å². The standard InChI is InChI=1S/C16H22N2O2S2/c1-3-18(4-2)14-9-7-13(8-10-14)15(12-17)22(19,20)16-6-5-11-21-16/h5-11,15H,3-4,12,17H2,1-2H3/p+1/t15-/m0/s1. The summed E-state index contributed by atoms with van der Waals surface area (Å²) in [5.74, 6) is 0. The zero-order valence-corrected chi connectivity index (χ0v) is 14.7. The number of sulfone groups is 1. The molecule has 1 aromatic carbocycles. The van der Waals surface area contributed by atoms with E-state index in [4.69, 9.17) is 0 Å². The van der Waals surface area contributed by atoms with Crippen molar-refractivity contribution in [3.63, 3.8) is 0 Å². The molecule has 0 saturated heterocycles. The first kappa shape index (κ1) is 17.0. The van der Waals surface area contributed by atoms with Crippen LogP contribution in [0.4, 0.5) is 5.69 Å². The number of hydrogen-bond acceptors (Lipinski definition) is 4. The molecule has 1 heterocycles. The zero-order valence-electron chi connectivity index (χ0n) is 13.0. The molecular formula is C16H23N2O2S2+. The van der Waals surface area contributed by atoms with Crippen molar-refractivity contribution in [2.75, 3.05) is 24.5 Å². The van der Waals surface area contributed by atoms with Crippen molar-refractivity contribution in [3.8, 4) is 0 Å². The third-order valence-corrected chi connectivity index (χ3v) is 7.41. The summed E-state index contributed by atoms with van der Waals surface area (Å²) in [6, 6.07) is 11.2. The molecule has 0 amide bonds. The smallest absolute Gasteiger partial charge is 0.200 e.